The molecule has 2 N–H and O–H groups in total. The average Bonchev–Trinajstić information content (AvgIpc) is 2.61. The molecular weight excluding hydrogens is 328 g/mol. The lowest BCUT2D eigenvalue weighted by Gasteiger charge is -2.22. The highest BCUT2D eigenvalue weighted by Crippen LogP contribution is 2.17. The Labute approximate surface area is 154 Å². The van der Waals surface area contributed by atoms with Crippen molar-refractivity contribution < 1.29 is 14.3 Å². The summed E-state index contributed by atoms with van der Waals surface area (Å²) in [5.74, 6) is -0.338. The summed E-state index contributed by atoms with van der Waals surface area (Å²) in [6, 6.07) is 14.6. The molecule has 0 spiro atoms. The standard InChI is InChI=1S/C21H26N2O3/c1-14(2)19(20(24)22-18-12-15(3)10-11-16(18)4)23-21(25)26-13-17-8-6-5-7-9-17/h5-12,14,19H,13H2,1-4H3,(H,22,24)(H,23,25)/t19-/m1/s1. The summed E-state index contributed by atoms with van der Waals surface area (Å²) in [4.78, 5) is 24.7. The van der Waals surface area contributed by atoms with Gasteiger partial charge in [-0.3, -0.25) is 4.79 Å². The van der Waals surface area contributed by atoms with E-state index >= 15 is 0 Å². The fraction of sp³-hybridized carbons (Fsp3) is 0.333. The Balaban J connectivity index is 1.97. The first-order chi connectivity index (χ1) is 12.4. The van der Waals surface area contributed by atoms with E-state index in [1.54, 1.807) is 0 Å². The highest BCUT2D eigenvalue weighted by atomic mass is 16.5. The van der Waals surface area contributed by atoms with Gasteiger partial charge in [0.25, 0.3) is 0 Å². The molecule has 0 bridgehead atoms. The van der Waals surface area contributed by atoms with Crippen LogP contribution in [0.15, 0.2) is 48.5 Å². The van der Waals surface area contributed by atoms with Crippen LogP contribution in [0.1, 0.15) is 30.5 Å². The van der Waals surface area contributed by atoms with E-state index in [-0.39, 0.29) is 18.4 Å². The van der Waals surface area contributed by atoms with Crippen molar-refractivity contribution >= 4 is 17.7 Å². The molecule has 0 aliphatic carbocycles. The Morgan fingerprint density at radius 2 is 1.73 bits per heavy atom. The molecule has 5 heteroatoms. The largest absolute Gasteiger partial charge is 0.445 e. The number of hydrogen-bond acceptors (Lipinski definition) is 3. The van der Waals surface area contributed by atoms with Gasteiger partial charge >= 0.3 is 6.09 Å². The van der Waals surface area contributed by atoms with Crippen LogP contribution in [0.2, 0.25) is 0 Å². The van der Waals surface area contributed by atoms with Crippen molar-refractivity contribution in [3.05, 3.63) is 65.2 Å². The van der Waals surface area contributed by atoms with Gasteiger partial charge in [-0.25, -0.2) is 4.79 Å². The van der Waals surface area contributed by atoms with E-state index in [0.717, 1.165) is 22.4 Å². The second-order valence-corrected chi connectivity index (χ2v) is 6.74. The molecule has 1 atom stereocenters. The summed E-state index contributed by atoms with van der Waals surface area (Å²) >= 11 is 0. The monoisotopic (exact) mass is 354 g/mol. The van der Waals surface area contributed by atoms with Crippen molar-refractivity contribution in [1.29, 1.82) is 0 Å². The van der Waals surface area contributed by atoms with Crippen LogP contribution in [0.4, 0.5) is 10.5 Å². The Kier molecular flexibility index (Phi) is 6.78. The number of carbonyl (C=O) groups excluding carboxylic acids is 2. The van der Waals surface area contributed by atoms with Crippen molar-refractivity contribution in [2.24, 2.45) is 5.92 Å². The number of rotatable bonds is 6. The lowest BCUT2D eigenvalue weighted by atomic mass is 10.0. The minimum absolute atomic E-state index is 0.0793. The molecule has 138 valence electrons. The van der Waals surface area contributed by atoms with E-state index in [0.29, 0.717) is 0 Å². The maximum absolute atomic E-state index is 12.6. The van der Waals surface area contributed by atoms with E-state index < -0.39 is 12.1 Å². The number of benzene rings is 2. The zero-order valence-electron chi connectivity index (χ0n) is 15.7. The molecule has 2 amide bonds. The van der Waals surface area contributed by atoms with Crippen LogP contribution >= 0.6 is 0 Å². The van der Waals surface area contributed by atoms with E-state index in [1.807, 2.05) is 76.2 Å². The maximum atomic E-state index is 12.6. The molecule has 2 aromatic carbocycles. The smallest absolute Gasteiger partial charge is 0.408 e. The lowest BCUT2D eigenvalue weighted by molar-refractivity contribution is -0.119. The van der Waals surface area contributed by atoms with Crippen LogP contribution in [0.5, 0.6) is 0 Å². The first-order valence-corrected chi connectivity index (χ1v) is 8.72. The van der Waals surface area contributed by atoms with Crippen molar-refractivity contribution in [3.63, 3.8) is 0 Å². The third kappa shape index (κ3) is 5.62. The van der Waals surface area contributed by atoms with Gasteiger partial charge in [-0.05, 0) is 42.5 Å². The van der Waals surface area contributed by atoms with Crippen LogP contribution in [0.25, 0.3) is 0 Å². The lowest BCUT2D eigenvalue weighted by Crippen LogP contribution is -2.47. The molecule has 0 fully saturated rings. The zero-order valence-corrected chi connectivity index (χ0v) is 15.7. The van der Waals surface area contributed by atoms with Gasteiger partial charge in [-0.15, -0.1) is 0 Å². The van der Waals surface area contributed by atoms with Crippen LogP contribution in [0.3, 0.4) is 0 Å². The first kappa shape index (κ1) is 19.5. The fourth-order valence-electron chi connectivity index (χ4n) is 2.51. The van der Waals surface area contributed by atoms with Crippen LogP contribution in [0, 0.1) is 19.8 Å². The highest BCUT2D eigenvalue weighted by Gasteiger charge is 2.25. The van der Waals surface area contributed by atoms with Gasteiger partial charge in [0.05, 0.1) is 0 Å². The molecule has 0 aromatic heterocycles. The van der Waals surface area contributed by atoms with Gasteiger partial charge in [0.1, 0.15) is 12.6 Å². The van der Waals surface area contributed by atoms with Crippen LogP contribution < -0.4 is 10.6 Å². The zero-order chi connectivity index (χ0) is 19.1. The normalized spacial score (nSPS) is 11.7. The summed E-state index contributed by atoms with van der Waals surface area (Å²) in [5.41, 5.74) is 3.67. The molecule has 0 saturated carbocycles. The SMILES string of the molecule is Cc1ccc(C)c(NC(=O)[C@H](NC(=O)OCc2ccccc2)C(C)C)c1. The van der Waals surface area contributed by atoms with Gasteiger partial charge in [0.15, 0.2) is 0 Å². The number of carbonyl (C=O) groups is 2. The number of hydrogen-bond donors (Lipinski definition) is 2. The van der Waals surface area contributed by atoms with E-state index in [4.69, 9.17) is 4.74 Å². The summed E-state index contributed by atoms with van der Waals surface area (Å²) in [6.45, 7) is 7.82. The van der Waals surface area contributed by atoms with E-state index in [1.165, 1.54) is 0 Å². The number of amides is 2. The average molecular weight is 354 g/mol. The third-order valence-electron chi connectivity index (χ3n) is 4.09. The van der Waals surface area contributed by atoms with E-state index in [9.17, 15) is 9.59 Å². The number of aryl methyl sites for hydroxylation is 2. The fourth-order valence-corrected chi connectivity index (χ4v) is 2.51. The van der Waals surface area contributed by atoms with Gasteiger partial charge in [-0.1, -0.05) is 56.3 Å². The molecule has 0 aliphatic rings. The first-order valence-electron chi connectivity index (χ1n) is 8.72. The predicted molar refractivity (Wildman–Crippen MR) is 103 cm³/mol. The second-order valence-electron chi connectivity index (χ2n) is 6.74. The second kappa shape index (κ2) is 9.04. The van der Waals surface area contributed by atoms with Crippen molar-refractivity contribution in [2.45, 2.75) is 40.3 Å². The van der Waals surface area contributed by atoms with Gasteiger partial charge in [0.2, 0.25) is 5.91 Å². The third-order valence-corrected chi connectivity index (χ3v) is 4.09. The quantitative estimate of drug-likeness (QED) is 0.817. The molecule has 2 rings (SSSR count). The molecule has 0 saturated heterocycles. The van der Waals surface area contributed by atoms with Crippen molar-refractivity contribution in [1.82, 2.24) is 5.32 Å². The number of nitrogens with one attached hydrogen (secondary N) is 2. The molecule has 26 heavy (non-hydrogen) atoms. The topological polar surface area (TPSA) is 67.4 Å². The summed E-state index contributed by atoms with van der Waals surface area (Å²) in [7, 11) is 0. The molecule has 2 aromatic rings. The van der Waals surface area contributed by atoms with Gasteiger partial charge < -0.3 is 15.4 Å². The highest BCUT2D eigenvalue weighted by molar-refractivity contribution is 5.97. The molecule has 0 unspecified atom stereocenters. The number of anilines is 1. The number of alkyl carbamates (subject to hydrolysis) is 1. The summed E-state index contributed by atoms with van der Waals surface area (Å²) in [5, 5.41) is 5.57. The summed E-state index contributed by atoms with van der Waals surface area (Å²) in [6.07, 6.45) is -0.608. The minimum Gasteiger partial charge on any atom is -0.445 e. The van der Waals surface area contributed by atoms with E-state index in [2.05, 4.69) is 10.6 Å². The molecule has 5 nitrogen and oxygen atoms in total. The molecule has 0 radical (unpaired) electrons. The molecule has 0 heterocycles. The van der Waals surface area contributed by atoms with Gasteiger partial charge in [-0.2, -0.15) is 0 Å². The Bertz CT molecular complexity index is 757. The Morgan fingerprint density at radius 1 is 1.04 bits per heavy atom. The van der Waals surface area contributed by atoms with Gasteiger partial charge in [0, 0.05) is 5.69 Å². The number of ether oxygens (including phenoxy) is 1. The van der Waals surface area contributed by atoms with Crippen LogP contribution in [-0.2, 0) is 16.1 Å². The molecule has 0 aliphatic heterocycles. The summed E-state index contributed by atoms with van der Waals surface area (Å²) < 4.78 is 5.22. The maximum Gasteiger partial charge on any atom is 0.408 e. The van der Waals surface area contributed by atoms with Crippen molar-refractivity contribution in [2.75, 3.05) is 5.32 Å². The van der Waals surface area contributed by atoms with Crippen LogP contribution in [-0.4, -0.2) is 18.0 Å². The Morgan fingerprint density at radius 3 is 2.38 bits per heavy atom. The van der Waals surface area contributed by atoms with Crippen molar-refractivity contribution in [3.8, 4) is 0 Å². The predicted octanol–water partition coefficient (Wildman–Crippen LogP) is 4.19. The minimum atomic E-state index is -0.682. The Hall–Kier alpha value is -2.82. The molecular formula is C21H26N2O3.